The first-order chi connectivity index (χ1) is 14.3. The highest BCUT2D eigenvalue weighted by Crippen LogP contribution is 2.24. The Morgan fingerprint density at radius 3 is 2.10 bits per heavy atom. The van der Waals surface area contributed by atoms with E-state index in [9.17, 15) is 18.0 Å². The molecule has 162 valence electrons. The number of nitrogens with zero attached hydrogens (tertiary/aromatic N) is 1. The Balaban J connectivity index is 2.10. The fourth-order valence-corrected chi connectivity index (χ4v) is 4.26. The van der Waals surface area contributed by atoms with Crippen molar-refractivity contribution in [2.24, 2.45) is 0 Å². The lowest BCUT2D eigenvalue weighted by molar-refractivity contribution is 0.0474. The van der Waals surface area contributed by atoms with E-state index < -0.39 is 28.4 Å². The summed E-state index contributed by atoms with van der Waals surface area (Å²) in [6.07, 6.45) is 0. The Bertz CT molecular complexity index is 997. The van der Waals surface area contributed by atoms with Gasteiger partial charge in [-0.3, -0.25) is 4.79 Å². The molecule has 0 unspecified atom stereocenters. The normalized spacial score (nSPS) is 11.2. The summed E-state index contributed by atoms with van der Waals surface area (Å²) in [4.78, 5) is 24.8. The number of ether oxygens (including phenoxy) is 3. The molecule has 0 bridgehead atoms. The Labute approximate surface area is 176 Å². The van der Waals surface area contributed by atoms with Crippen molar-refractivity contribution >= 4 is 21.8 Å². The second kappa shape index (κ2) is 10.2. The molecule has 0 N–H and O–H groups in total. The minimum atomic E-state index is -3.62. The number of carbonyl (C=O) groups excluding carboxylic acids is 2. The van der Waals surface area contributed by atoms with Gasteiger partial charge in [-0.2, -0.15) is 4.31 Å². The molecule has 8 nitrogen and oxygen atoms in total. The van der Waals surface area contributed by atoms with Gasteiger partial charge < -0.3 is 14.2 Å². The molecule has 0 saturated carbocycles. The van der Waals surface area contributed by atoms with Crippen LogP contribution in [0.3, 0.4) is 0 Å². The van der Waals surface area contributed by atoms with Crippen molar-refractivity contribution in [1.82, 2.24) is 4.31 Å². The van der Waals surface area contributed by atoms with Crippen molar-refractivity contribution in [3.05, 3.63) is 53.6 Å². The Kier molecular flexibility index (Phi) is 7.96. The first-order valence-corrected chi connectivity index (χ1v) is 10.7. The number of sulfonamides is 1. The highest BCUT2D eigenvalue weighted by molar-refractivity contribution is 7.89. The number of methoxy groups -OCH3 is 2. The molecule has 0 heterocycles. The topological polar surface area (TPSA) is 99.2 Å². The van der Waals surface area contributed by atoms with E-state index in [1.807, 2.05) is 0 Å². The average molecular weight is 435 g/mol. The zero-order chi connectivity index (χ0) is 22.3. The zero-order valence-electron chi connectivity index (χ0n) is 17.4. The Morgan fingerprint density at radius 1 is 0.933 bits per heavy atom. The maximum Gasteiger partial charge on any atom is 0.338 e. The molecule has 0 atom stereocenters. The van der Waals surface area contributed by atoms with Crippen molar-refractivity contribution in [3.63, 3.8) is 0 Å². The number of hydrogen-bond donors (Lipinski definition) is 0. The number of carbonyl (C=O) groups is 2. The zero-order valence-corrected chi connectivity index (χ0v) is 18.2. The first kappa shape index (κ1) is 23.4. The van der Waals surface area contributed by atoms with Gasteiger partial charge in [0.1, 0.15) is 11.5 Å². The molecule has 9 heteroatoms. The second-order valence-electron chi connectivity index (χ2n) is 6.18. The molecule has 2 rings (SSSR count). The van der Waals surface area contributed by atoms with Crippen LogP contribution in [0.2, 0.25) is 0 Å². The maximum absolute atomic E-state index is 12.5. The van der Waals surface area contributed by atoms with E-state index in [4.69, 9.17) is 14.2 Å². The minimum absolute atomic E-state index is 0.0833. The molecular weight excluding hydrogens is 410 g/mol. The fourth-order valence-electron chi connectivity index (χ4n) is 2.80. The van der Waals surface area contributed by atoms with Crippen LogP contribution in [0.5, 0.6) is 11.5 Å². The molecule has 0 aliphatic heterocycles. The van der Waals surface area contributed by atoms with Crippen LogP contribution in [-0.4, -0.2) is 58.4 Å². The van der Waals surface area contributed by atoms with Crippen LogP contribution in [0.1, 0.15) is 34.6 Å². The number of esters is 1. The van der Waals surface area contributed by atoms with Gasteiger partial charge in [0.25, 0.3) is 0 Å². The summed E-state index contributed by atoms with van der Waals surface area (Å²) in [6, 6.07) is 10.1. The number of benzene rings is 2. The number of rotatable bonds is 10. The Hall–Kier alpha value is -2.91. The lowest BCUT2D eigenvalue weighted by Gasteiger charge is -2.18. The van der Waals surface area contributed by atoms with Crippen LogP contribution < -0.4 is 9.47 Å². The molecule has 0 aromatic heterocycles. The molecule has 0 aliphatic carbocycles. The molecule has 0 amide bonds. The van der Waals surface area contributed by atoms with Gasteiger partial charge in [0.15, 0.2) is 6.61 Å². The maximum atomic E-state index is 12.5. The SMILES string of the molecule is CCN(CC)S(=O)(=O)c1ccc(C(=O)OCC(=O)c2cc(OC)ccc2OC)cc1. The monoisotopic (exact) mass is 435 g/mol. The largest absolute Gasteiger partial charge is 0.497 e. The van der Waals surface area contributed by atoms with Crippen LogP contribution in [0, 0.1) is 0 Å². The van der Waals surface area contributed by atoms with Crippen molar-refractivity contribution in [1.29, 1.82) is 0 Å². The van der Waals surface area contributed by atoms with E-state index >= 15 is 0 Å². The summed E-state index contributed by atoms with van der Waals surface area (Å²) in [6.45, 7) is 3.70. The standard InChI is InChI=1S/C21H25NO7S/c1-5-22(6-2)30(25,26)17-10-7-15(8-11-17)21(24)29-14-19(23)18-13-16(27-3)9-12-20(18)28-4/h7-13H,5-6,14H2,1-4H3. The van der Waals surface area contributed by atoms with Gasteiger partial charge in [0, 0.05) is 13.1 Å². The summed E-state index contributed by atoms with van der Waals surface area (Å²) in [5.41, 5.74) is 0.365. The van der Waals surface area contributed by atoms with Crippen molar-refractivity contribution in [2.45, 2.75) is 18.7 Å². The predicted octanol–water partition coefficient (Wildman–Crippen LogP) is 2.77. The van der Waals surface area contributed by atoms with E-state index in [0.29, 0.717) is 24.6 Å². The predicted molar refractivity (Wildman–Crippen MR) is 111 cm³/mol. The molecular formula is C21H25NO7S. The Morgan fingerprint density at radius 2 is 1.57 bits per heavy atom. The molecule has 0 fully saturated rings. The molecule has 0 radical (unpaired) electrons. The third-order valence-electron chi connectivity index (χ3n) is 4.47. The fraction of sp³-hybridized carbons (Fsp3) is 0.333. The minimum Gasteiger partial charge on any atom is -0.497 e. The summed E-state index contributed by atoms with van der Waals surface area (Å²) in [5.74, 6) is -0.393. The molecule has 0 spiro atoms. The van der Waals surface area contributed by atoms with Crippen LogP contribution in [0.25, 0.3) is 0 Å². The number of ketones is 1. The summed E-state index contributed by atoms with van der Waals surface area (Å²) < 4.78 is 41.7. The van der Waals surface area contributed by atoms with E-state index in [0.717, 1.165) is 0 Å². The molecule has 0 saturated heterocycles. The van der Waals surface area contributed by atoms with Gasteiger partial charge in [-0.1, -0.05) is 13.8 Å². The van der Waals surface area contributed by atoms with Crippen molar-refractivity contribution < 1.29 is 32.2 Å². The molecule has 0 aliphatic rings. The molecule has 2 aromatic rings. The summed E-state index contributed by atoms with van der Waals surface area (Å²) in [7, 11) is -0.717. The highest BCUT2D eigenvalue weighted by Gasteiger charge is 2.22. The lowest BCUT2D eigenvalue weighted by atomic mass is 10.1. The number of Topliss-reactive ketones (excluding diaryl/α,β-unsaturated/α-hetero) is 1. The number of hydrogen-bond acceptors (Lipinski definition) is 7. The van der Waals surface area contributed by atoms with Crippen molar-refractivity contribution in [3.8, 4) is 11.5 Å². The van der Waals surface area contributed by atoms with Gasteiger partial charge in [-0.05, 0) is 42.5 Å². The average Bonchev–Trinajstić information content (AvgIpc) is 2.77. The lowest BCUT2D eigenvalue weighted by Crippen LogP contribution is -2.30. The van der Waals surface area contributed by atoms with E-state index in [1.54, 1.807) is 26.0 Å². The molecule has 2 aromatic carbocycles. The van der Waals surface area contributed by atoms with E-state index in [1.165, 1.54) is 48.9 Å². The quantitative estimate of drug-likeness (QED) is 0.418. The van der Waals surface area contributed by atoms with E-state index in [2.05, 4.69) is 0 Å². The second-order valence-corrected chi connectivity index (χ2v) is 8.12. The first-order valence-electron chi connectivity index (χ1n) is 9.31. The van der Waals surface area contributed by atoms with Gasteiger partial charge in [0.2, 0.25) is 15.8 Å². The third kappa shape index (κ3) is 5.17. The van der Waals surface area contributed by atoms with Gasteiger partial charge >= 0.3 is 5.97 Å². The van der Waals surface area contributed by atoms with E-state index in [-0.39, 0.29) is 16.0 Å². The summed E-state index contributed by atoms with van der Waals surface area (Å²) >= 11 is 0. The van der Waals surface area contributed by atoms with Crippen molar-refractivity contribution in [2.75, 3.05) is 33.9 Å². The van der Waals surface area contributed by atoms with Crippen LogP contribution >= 0.6 is 0 Å². The third-order valence-corrected chi connectivity index (χ3v) is 6.54. The van der Waals surface area contributed by atoms with Crippen LogP contribution in [0.4, 0.5) is 0 Å². The summed E-state index contributed by atoms with van der Waals surface area (Å²) in [5, 5.41) is 0. The van der Waals surface area contributed by atoms with Gasteiger partial charge in [0.05, 0.1) is 30.2 Å². The van der Waals surface area contributed by atoms with Crippen LogP contribution in [0.15, 0.2) is 47.4 Å². The highest BCUT2D eigenvalue weighted by atomic mass is 32.2. The van der Waals surface area contributed by atoms with Crippen LogP contribution in [-0.2, 0) is 14.8 Å². The van der Waals surface area contributed by atoms with Gasteiger partial charge in [-0.25, -0.2) is 13.2 Å². The molecule has 30 heavy (non-hydrogen) atoms. The van der Waals surface area contributed by atoms with Gasteiger partial charge in [-0.15, -0.1) is 0 Å². The smallest absolute Gasteiger partial charge is 0.338 e.